The molecule has 1 aromatic rings. The maximum absolute atomic E-state index is 12.1. The number of ether oxygens (including phenoxy) is 1. The third-order valence-corrected chi connectivity index (χ3v) is 7.83. The molecule has 18 nitrogen and oxygen atoms in total. The Morgan fingerprint density at radius 1 is 1.27 bits per heavy atom. The maximum Gasteiger partial charge on any atom is 0.490 e. The number of phosphoric acid groups is 3. The number of aliphatic hydroxyl groups is 2. The number of anilines is 1. The van der Waals surface area contributed by atoms with Crippen molar-refractivity contribution in [3.05, 3.63) is 16.7 Å². The van der Waals surface area contributed by atoms with E-state index in [0.717, 1.165) is 13.1 Å². The van der Waals surface area contributed by atoms with Crippen LogP contribution in [0.15, 0.2) is 11.0 Å². The van der Waals surface area contributed by atoms with E-state index in [4.69, 9.17) is 31.9 Å². The van der Waals surface area contributed by atoms with Crippen LogP contribution in [0, 0.1) is 11.3 Å². The highest BCUT2D eigenvalue weighted by atomic mass is 35.5. The van der Waals surface area contributed by atoms with E-state index >= 15 is 0 Å². The number of phosphoric ester groups is 1. The lowest BCUT2D eigenvalue weighted by Crippen LogP contribution is -2.49. The fourth-order valence-corrected chi connectivity index (χ4v) is 5.99. The van der Waals surface area contributed by atoms with Crippen molar-refractivity contribution < 1.29 is 61.4 Å². The number of aliphatic hydroxyl groups excluding tert-OH is 1. The van der Waals surface area contributed by atoms with E-state index in [1.54, 1.807) is 5.38 Å². The third kappa shape index (κ3) is 6.89. The molecule has 1 aliphatic heterocycles. The number of aromatic nitrogens is 3. The summed E-state index contributed by atoms with van der Waals surface area (Å²) in [7, 11) is -17.1. The van der Waals surface area contributed by atoms with Crippen LogP contribution in [0.25, 0.3) is 0 Å². The number of nitrogens with two attached hydrogens (primary N) is 1. The Morgan fingerprint density at radius 3 is 2.39 bits per heavy atom. The lowest BCUT2D eigenvalue weighted by atomic mass is 9.93. The van der Waals surface area contributed by atoms with Gasteiger partial charge in [-0.1, -0.05) is 0 Å². The van der Waals surface area contributed by atoms with E-state index in [1.807, 2.05) is 5.92 Å². The van der Waals surface area contributed by atoms with Gasteiger partial charge in [-0.25, -0.2) is 18.5 Å². The molecule has 22 heteroatoms. The minimum absolute atomic E-state index is 0.292. The van der Waals surface area contributed by atoms with E-state index in [0.29, 0.717) is 4.68 Å². The van der Waals surface area contributed by atoms with Crippen molar-refractivity contribution >= 4 is 40.9 Å². The van der Waals surface area contributed by atoms with Crippen LogP contribution in [0.1, 0.15) is 13.2 Å². The third-order valence-electron chi connectivity index (χ3n) is 3.81. The topological polar surface area (TPSA) is 283 Å². The fraction of sp³-hybridized carbons (Fsp3) is 0.545. The molecule has 1 aromatic heterocycles. The molecular formula is C11H16ClN4O14P3. The fourth-order valence-electron chi connectivity index (χ4n) is 2.64. The van der Waals surface area contributed by atoms with Crippen LogP contribution in [0.3, 0.4) is 0 Å². The average Bonchev–Trinajstić information content (AvgIpc) is 2.83. The van der Waals surface area contributed by atoms with Crippen LogP contribution in [0.2, 0.25) is 0 Å². The van der Waals surface area contributed by atoms with E-state index < -0.39 is 59.3 Å². The van der Waals surface area contributed by atoms with Gasteiger partial charge in [0.05, 0.1) is 12.3 Å². The molecule has 0 bridgehead atoms. The van der Waals surface area contributed by atoms with Crippen molar-refractivity contribution in [2.75, 3.05) is 5.73 Å². The zero-order valence-corrected chi connectivity index (χ0v) is 19.4. The summed E-state index contributed by atoms with van der Waals surface area (Å²) in [4.78, 5) is 51.4. The van der Waals surface area contributed by atoms with Crippen LogP contribution in [0.5, 0.6) is 0 Å². The Balaban J connectivity index is 2.31. The molecule has 0 aliphatic carbocycles. The Kier molecular flexibility index (Phi) is 8.30. The smallest absolute Gasteiger partial charge is 0.386 e. The van der Waals surface area contributed by atoms with Gasteiger partial charge < -0.3 is 40.3 Å². The minimum Gasteiger partial charge on any atom is -0.386 e. The predicted molar refractivity (Wildman–Crippen MR) is 104 cm³/mol. The molecule has 0 amide bonds. The van der Waals surface area contributed by atoms with Gasteiger partial charge >= 0.3 is 29.2 Å². The van der Waals surface area contributed by atoms with Crippen molar-refractivity contribution in [3.63, 3.8) is 0 Å². The van der Waals surface area contributed by atoms with E-state index in [2.05, 4.69) is 23.2 Å². The molecule has 8 N–H and O–H groups in total. The summed E-state index contributed by atoms with van der Waals surface area (Å²) in [6.45, 7) is 0.959. The zero-order valence-electron chi connectivity index (χ0n) is 16.0. The van der Waals surface area contributed by atoms with Crippen molar-refractivity contribution in [2.24, 2.45) is 0 Å². The number of halogens is 1. The Labute approximate surface area is 188 Å². The standard InChI is InChI=1S/C11H16ClN4O14P3/c1-5(28-32(23,24)30-33(25,26)29-31(20,21)22)7-8(17)11(19,2-3-12)9(27-7)16-10(18)15-6(13)4-14-16/h4-5,7-9,17,19H,1H3,(H,23,24)(H,25,26)(H2,13,15,18)(H2,20,21,22)/t5-,7-,8+,9-,11?/m1/s1. The molecule has 0 saturated carbocycles. The van der Waals surface area contributed by atoms with Crippen LogP contribution < -0.4 is 11.4 Å². The molecular weight excluding hydrogens is 541 g/mol. The largest absolute Gasteiger partial charge is 0.490 e. The van der Waals surface area contributed by atoms with Gasteiger partial charge in [-0.3, -0.25) is 4.52 Å². The molecule has 0 spiro atoms. The summed E-state index contributed by atoms with van der Waals surface area (Å²) in [5, 5.41) is 26.7. The Bertz CT molecular complexity index is 1160. The molecule has 2 rings (SSSR count). The summed E-state index contributed by atoms with van der Waals surface area (Å²) >= 11 is 5.31. The maximum atomic E-state index is 12.1. The molecule has 0 aromatic carbocycles. The second-order valence-corrected chi connectivity index (χ2v) is 10.8. The SMILES string of the molecule is C[C@@H](OP(=O)(O)OP(=O)(O)OP(=O)(O)O)[C@H]1O[C@@H](n2ncc(N)nc2=O)C(O)(C#CCl)[C@H]1O. The zero-order chi connectivity index (χ0) is 25.4. The highest BCUT2D eigenvalue weighted by Gasteiger charge is 2.59. The lowest BCUT2D eigenvalue weighted by molar-refractivity contribution is -0.0931. The van der Waals surface area contributed by atoms with Gasteiger partial charge in [0.15, 0.2) is 6.23 Å². The molecule has 1 aliphatic rings. The molecule has 33 heavy (non-hydrogen) atoms. The van der Waals surface area contributed by atoms with Gasteiger partial charge in [0, 0.05) is 5.38 Å². The van der Waals surface area contributed by atoms with Gasteiger partial charge in [-0.05, 0) is 24.4 Å². The van der Waals surface area contributed by atoms with Crippen LogP contribution in [-0.4, -0.2) is 68.5 Å². The summed E-state index contributed by atoms with van der Waals surface area (Å²) in [5.41, 5.74) is 1.52. The minimum atomic E-state index is -5.82. The van der Waals surface area contributed by atoms with E-state index in [9.17, 15) is 38.5 Å². The molecule has 186 valence electrons. The number of hydrogen-bond acceptors (Lipinski definition) is 13. The second-order valence-electron chi connectivity index (χ2n) is 6.25. The van der Waals surface area contributed by atoms with Crippen LogP contribution in [0.4, 0.5) is 5.82 Å². The molecule has 7 atom stereocenters. The highest BCUT2D eigenvalue weighted by molar-refractivity contribution is 7.66. The number of nitrogens with zero attached hydrogens (tertiary/aromatic N) is 3. The van der Waals surface area contributed by atoms with Crippen molar-refractivity contribution in [3.8, 4) is 11.3 Å². The van der Waals surface area contributed by atoms with Gasteiger partial charge in [0.25, 0.3) is 0 Å². The average molecular weight is 557 g/mol. The first-order chi connectivity index (χ1) is 14.9. The van der Waals surface area contributed by atoms with Gasteiger partial charge in [0.2, 0.25) is 5.60 Å². The van der Waals surface area contributed by atoms with Gasteiger partial charge in [0.1, 0.15) is 18.0 Å². The first kappa shape index (κ1) is 28.0. The summed E-state index contributed by atoms with van der Waals surface area (Å²) < 4.78 is 51.6. The summed E-state index contributed by atoms with van der Waals surface area (Å²) in [6, 6.07) is 0. The highest BCUT2D eigenvalue weighted by Crippen LogP contribution is 2.66. The second kappa shape index (κ2) is 9.78. The summed E-state index contributed by atoms with van der Waals surface area (Å²) in [5.74, 6) is 1.71. The molecule has 1 fully saturated rings. The van der Waals surface area contributed by atoms with E-state index in [-0.39, 0.29) is 5.82 Å². The molecule has 1 saturated heterocycles. The Hall–Kier alpha value is -1.25. The predicted octanol–water partition coefficient (Wildman–Crippen LogP) is -1.86. The monoisotopic (exact) mass is 556 g/mol. The van der Waals surface area contributed by atoms with Crippen molar-refractivity contribution in [1.82, 2.24) is 14.8 Å². The molecule has 0 radical (unpaired) electrons. The first-order valence-electron chi connectivity index (χ1n) is 8.13. The quantitative estimate of drug-likeness (QED) is 0.136. The van der Waals surface area contributed by atoms with Crippen LogP contribution in [-0.2, 0) is 31.6 Å². The van der Waals surface area contributed by atoms with Gasteiger partial charge in [-0.2, -0.15) is 23.4 Å². The summed E-state index contributed by atoms with van der Waals surface area (Å²) in [6.07, 6.45) is -6.70. The molecule has 2 heterocycles. The lowest BCUT2D eigenvalue weighted by Gasteiger charge is -2.26. The Morgan fingerprint density at radius 2 is 1.88 bits per heavy atom. The van der Waals surface area contributed by atoms with Crippen LogP contribution >= 0.6 is 35.1 Å². The van der Waals surface area contributed by atoms with Crippen molar-refractivity contribution in [1.29, 1.82) is 0 Å². The number of hydrogen-bond donors (Lipinski definition) is 7. The number of nitrogen functional groups attached to an aromatic ring is 1. The van der Waals surface area contributed by atoms with Crippen molar-refractivity contribution in [2.45, 2.75) is 37.1 Å². The number of rotatable bonds is 8. The van der Waals surface area contributed by atoms with Gasteiger partial charge in [-0.15, -0.1) is 0 Å². The normalized spacial score (nSPS) is 30.0. The van der Waals surface area contributed by atoms with E-state index in [1.165, 1.54) is 0 Å². The first-order valence-corrected chi connectivity index (χ1v) is 13.0. The molecule has 3 unspecified atom stereocenters.